The lowest BCUT2D eigenvalue weighted by Crippen LogP contribution is -2.00. The van der Waals surface area contributed by atoms with Gasteiger partial charge in [-0.1, -0.05) is 0 Å². The predicted molar refractivity (Wildman–Crippen MR) is 74.8 cm³/mol. The molecule has 0 spiro atoms. The minimum Gasteiger partial charge on any atom is -0.335 e. The van der Waals surface area contributed by atoms with E-state index < -0.39 is 10.7 Å². The van der Waals surface area contributed by atoms with Gasteiger partial charge in [0, 0.05) is 25.5 Å². The van der Waals surface area contributed by atoms with E-state index in [0.717, 1.165) is 6.07 Å². The normalized spacial score (nSPS) is 10.8. The lowest BCUT2D eigenvalue weighted by atomic mass is 10.1. The van der Waals surface area contributed by atoms with Gasteiger partial charge in [0.05, 0.1) is 16.4 Å². The minimum atomic E-state index is -0.751. The second kappa shape index (κ2) is 4.82. The summed E-state index contributed by atoms with van der Waals surface area (Å²) < 4.78 is 15.7. The number of aryl methyl sites for hydroxylation is 1. The van der Waals surface area contributed by atoms with E-state index in [2.05, 4.69) is 15.4 Å². The maximum absolute atomic E-state index is 14.2. The Balaban J connectivity index is 2.21. The van der Waals surface area contributed by atoms with Crippen LogP contribution in [0.4, 0.5) is 21.6 Å². The van der Waals surface area contributed by atoms with Gasteiger partial charge in [-0.15, -0.1) is 0 Å². The first-order chi connectivity index (χ1) is 10.1. The van der Waals surface area contributed by atoms with E-state index in [-0.39, 0.29) is 22.3 Å². The highest BCUT2D eigenvalue weighted by Gasteiger charge is 2.20. The predicted octanol–water partition coefficient (Wildman–Crippen LogP) is 2.76. The van der Waals surface area contributed by atoms with Crippen LogP contribution in [0.25, 0.3) is 10.9 Å². The Bertz CT molecular complexity index is 846. The Kier molecular flexibility index (Phi) is 2.98. The average molecular weight is 287 g/mol. The van der Waals surface area contributed by atoms with Crippen molar-refractivity contribution < 1.29 is 9.31 Å². The number of hydrogen-bond acceptors (Lipinski definition) is 5. The van der Waals surface area contributed by atoms with Crippen molar-refractivity contribution in [2.45, 2.75) is 0 Å². The molecule has 0 aliphatic heterocycles. The number of nitrogens with one attached hydrogen (secondary N) is 1. The van der Waals surface area contributed by atoms with Crippen molar-refractivity contribution in [3.05, 3.63) is 52.6 Å². The van der Waals surface area contributed by atoms with Crippen molar-refractivity contribution in [3.63, 3.8) is 0 Å². The Morgan fingerprint density at radius 3 is 2.90 bits per heavy atom. The van der Waals surface area contributed by atoms with Gasteiger partial charge in [-0.2, -0.15) is 5.10 Å². The van der Waals surface area contributed by atoms with E-state index in [1.807, 2.05) is 0 Å². The number of halogens is 1. The fraction of sp³-hybridized carbons (Fsp3) is 0.0769. The maximum Gasteiger partial charge on any atom is 0.281 e. The molecule has 0 fully saturated rings. The Hall–Kier alpha value is -3.03. The zero-order chi connectivity index (χ0) is 15.0. The van der Waals surface area contributed by atoms with Crippen molar-refractivity contribution in [1.82, 2.24) is 14.8 Å². The summed E-state index contributed by atoms with van der Waals surface area (Å²) in [6.45, 7) is 0. The molecule has 0 radical (unpaired) electrons. The van der Waals surface area contributed by atoms with E-state index in [4.69, 9.17) is 0 Å². The largest absolute Gasteiger partial charge is 0.335 e. The number of pyridine rings is 1. The summed E-state index contributed by atoms with van der Waals surface area (Å²) in [7, 11) is 1.73. The molecule has 0 unspecified atom stereocenters. The second-order valence-electron chi connectivity index (χ2n) is 4.41. The van der Waals surface area contributed by atoms with Crippen molar-refractivity contribution in [2.24, 2.45) is 7.05 Å². The molecule has 0 aliphatic carbocycles. The highest BCUT2D eigenvalue weighted by atomic mass is 19.1. The quantitative estimate of drug-likeness (QED) is 0.591. The van der Waals surface area contributed by atoms with Gasteiger partial charge in [0.2, 0.25) is 0 Å². The van der Waals surface area contributed by atoms with Crippen molar-refractivity contribution in [2.75, 3.05) is 5.32 Å². The Morgan fingerprint density at radius 2 is 2.24 bits per heavy atom. The third-order valence-electron chi connectivity index (χ3n) is 2.99. The minimum absolute atomic E-state index is 0.0647. The van der Waals surface area contributed by atoms with Gasteiger partial charge in [-0.3, -0.25) is 19.8 Å². The molecule has 0 bridgehead atoms. The van der Waals surface area contributed by atoms with Gasteiger partial charge < -0.3 is 5.32 Å². The summed E-state index contributed by atoms with van der Waals surface area (Å²) in [6, 6.07) is 5.65. The number of nitrogens with zero attached hydrogens (tertiary/aromatic N) is 4. The van der Waals surface area contributed by atoms with Crippen LogP contribution in [0.5, 0.6) is 0 Å². The molecule has 2 aromatic heterocycles. The van der Waals surface area contributed by atoms with E-state index in [1.54, 1.807) is 30.1 Å². The number of fused-ring (bicyclic) bond motifs is 1. The van der Waals surface area contributed by atoms with E-state index >= 15 is 0 Å². The molecule has 7 nitrogen and oxygen atoms in total. The van der Waals surface area contributed by atoms with Crippen molar-refractivity contribution in [1.29, 1.82) is 0 Å². The van der Waals surface area contributed by atoms with Crippen LogP contribution in [0.2, 0.25) is 0 Å². The van der Waals surface area contributed by atoms with Crippen molar-refractivity contribution in [3.8, 4) is 0 Å². The van der Waals surface area contributed by atoms with Crippen LogP contribution in [0, 0.1) is 15.9 Å². The fourth-order valence-corrected chi connectivity index (χ4v) is 2.07. The maximum atomic E-state index is 14.2. The highest BCUT2D eigenvalue weighted by Crippen LogP contribution is 2.33. The van der Waals surface area contributed by atoms with Gasteiger partial charge in [-0.05, 0) is 12.1 Å². The van der Waals surface area contributed by atoms with E-state index in [9.17, 15) is 14.5 Å². The van der Waals surface area contributed by atoms with E-state index in [0.29, 0.717) is 5.82 Å². The molecule has 1 aromatic carbocycles. The molecule has 1 N–H and O–H groups in total. The van der Waals surface area contributed by atoms with Crippen LogP contribution in [-0.2, 0) is 7.05 Å². The fourth-order valence-electron chi connectivity index (χ4n) is 2.07. The third-order valence-corrected chi connectivity index (χ3v) is 2.99. The number of nitro benzene ring substituents is 1. The molecule has 0 saturated heterocycles. The molecule has 106 valence electrons. The van der Waals surface area contributed by atoms with Crippen LogP contribution >= 0.6 is 0 Å². The third kappa shape index (κ3) is 2.27. The van der Waals surface area contributed by atoms with Crippen LogP contribution in [0.3, 0.4) is 0 Å². The van der Waals surface area contributed by atoms with E-state index in [1.165, 1.54) is 12.3 Å². The SMILES string of the molecule is Cn1ccc(Nc2c(F)cc([N+](=O)[O-])c3cccnc23)n1. The molecule has 2 heterocycles. The number of rotatable bonds is 3. The van der Waals surface area contributed by atoms with Gasteiger partial charge >= 0.3 is 0 Å². The molecule has 0 amide bonds. The zero-order valence-corrected chi connectivity index (χ0v) is 10.9. The van der Waals surface area contributed by atoms with Gasteiger partial charge in [0.1, 0.15) is 11.2 Å². The molecule has 21 heavy (non-hydrogen) atoms. The molecular formula is C13H10FN5O2. The summed E-state index contributed by atoms with van der Waals surface area (Å²) in [5.74, 6) is -0.323. The summed E-state index contributed by atoms with van der Waals surface area (Å²) in [4.78, 5) is 14.4. The van der Waals surface area contributed by atoms with Crippen LogP contribution < -0.4 is 5.32 Å². The number of non-ortho nitro benzene ring substituents is 1. The lowest BCUT2D eigenvalue weighted by molar-refractivity contribution is -0.383. The number of nitro groups is 1. The Morgan fingerprint density at radius 1 is 1.43 bits per heavy atom. The van der Waals surface area contributed by atoms with Crippen LogP contribution in [-0.4, -0.2) is 19.7 Å². The molecule has 8 heteroatoms. The first-order valence-electron chi connectivity index (χ1n) is 6.04. The first kappa shape index (κ1) is 13.0. The summed E-state index contributed by atoms with van der Waals surface area (Å²) in [5.41, 5.74) is -0.0630. The molecule has 0 atom stereocenters. The summed E-state index contributed by atoms with van der Waals surface area (Å²) in [5, 5.41) is 18.2. The van der Waals surface area contributed by atoms with Crippen LogP contribution in [0.15, 0.2) is 36.7 Å². The van der Waals surface area contributed by atoms with Crippen molar-refractivity contribution >= 4 is 28.1 Å². The van der Waals surface area contributed by atoms with Crippen LogP contribution in [0.1, 0.15) is 0 Å². The highest BCUT2D eigenvalue weighted by molar-refractivity contribution is 5.98. The average Bonchev–Trinajstić information content (AvgIpc) is 2.87. The summed E-state index contributed by atoms with van der Waals surface area (Å²) >= 11 is 0. The molecule has 3 rings (SSSR count). The number of aromatic nitrogens is 3. The Labute approximate surface area is 118 Å². The monoisotopic (exact) mass is 287 g/mol. The smallest absolute Gasteiger partial charge is 0.281 e. The second-order valence-corrected chi connectivity index (χ2v) is 4.41. The molecular weight excluding hydrogens is 277 g/mol. The van der Waals surface area contributed by atoms with Gasteiger partial charge in [-0.25, -0.2) is 4.39 Å². The number of hydrogen-bond donors (Lipinski definition) is 1. The lowest BCUT2D eigenvalue weighted by Gasteiger charge is -2.08. The first-order valence-corrected chi connectivity index (χ1v) is 6.04. The summed E-state index contributed by atoms with van der Waals surface area (Å²) in [6.07, 6.45) is 3.15. The number of benzene rings is 1. The topological polar surface area (TPSA) is 85.9 Å². The van der Waals surface area contributed by atoms with Gasteiger partial charge in [0.15, 0.2) is 11.6 Å². The number of anilines is 2. The standard InChI is InChI=1S/C13H10FN5O2/c1-18-6-4-11(17-18)16-13-9(14)7-10(19(20)21)8-3-2-5-15-12(8)13/h2-7H,1H3,(H,16,17). The van der Waals surface area contributed by atoms with Gasteiger partial charge in [0.25, 0.3) is 5.69 Å². The molecule has 0 saturated carbocycles. The zero-order valence-electron chi connectivity index (χ0n) is 10.9. The molecule has 3 aromatic rings. The molecule has 0 aliphatic rings.